The average molecular weight is 269 g/mol. The van der Waals surface area contributed by atoms with Gasteiger partial charge in [-0.1, -0.05) is 0 Å². The van der Waals surface area contributed by atoms with Gasteiger partial charge in [-0.3, -0.25) is 14.5 Å². The van der Waals surface area contributed by atoms with Gasteiger partial charge < -0.3 is 11.1 Å². The zero-order valence-corrected chi connectivity index (χ0v) is 10.2. The summed E-state index contributed by atoms with van der Waals surface area (Å²) < 4.78 is 26.4. The van der Waals surface area contributed by atoms with Crippen molar-refractivity contribution in [3.8, 4) is 0 Å². The standard InChI is InChI=1S/C12H13F2N3O2/c1-17-10(18)3-2-8(12(17)19)16-9-5-6(13)4-7(14)11(9)15/h4-5,8,16H,2-3,15H2,1H3. The number of rotatable bonds is 2. The van der Waals surface area contributed by atoms with Crippen molar-refractivity contribution in [2.45, 2.75) is 18.9 Å². The molecule has 0 aliphatic carbocycles. The first kappa shape index (κ1) is 13.3. The molecule has 3 N–H and O–H groups in total. The number of benzene rings is 1. The van der Waals surface area contributed by atoms with E-state index < -0.39 is 23.6 Å². The molecule has 2 rings (SSSR count). The number of nitrogens with one attached hydrogen (secondary N) is 1. The third-order valence-electron chi connectivity index (χ3n) is 3.07. The smallest absolute Gasteiger partial charge is 0.251 e. The summed E-state index contributed by atoms with van der Waals surface area (Å²) in [5, 5.41) is 2.68. The number of carbonyl (C=O) groups excluding carboxylic acids is 2. The number of hydrogen-bond acceptors (Lipinski definition) is 4. The second kappa shape index (κ2) is 4.83. The van der Waals surface area contributed by atoms with Crippen molar-refractivity contribution >= 4 is 23.2 Å². The van der Waals surface area contributed by atoms with Crippen LogP contribution in [0.15, 0.2) is 12.1 Å². The van der Waals surface area contributed by atoms with E-state index >= 15 is 0 Å². The zero-order valence-electron chi connectivity index (χ0n) is 10.2. The summed E-state index contributed by atoms with van der Waals surface area (Å²) in [6, 6.07) is 0.965. The topological polar surface area (TPSA) is 75.4 Å². The Labute approximate surface area is 108 Å². The second-order valence-electron chi connectivity index (χ2n) is 4.38. The first-order valence-electron chi connectivity index (χ1n) is 5.71. The minimum Gasteiger partial charge on any atom is -0.395 e. The molecule has 5 nitrogen and oxygen atoms in total. The van der Waals surface area contributed by atoms with Crippen LogP contribution in [0.25, 0.3) is 0 Å². The van der Waals surface area contributed by atoms with Crippen LogP contribution < -0.4 is 11.1 Å². The molecular weight excluding hydrogens is 256 g/mol. The maximum Gasteiger partial charge on any atom is 0.251 e. The van der Waals surface area contributed by atoms with Gasteiger partial charge in [0, 0.05) is 19.5 Å². The lowest BCUT2D eigenvalue weighted by Crippen LogP contribution is -2.48. The lowest BCUT2D eigenvalue weighted by atomic mass is 10.0. The highest BCUT2D eigenvalue weighted by atomic mass is 19.1. The number of anilines is 2. The molecule has 102 valence electrons. The summed E-state index contributed by atoms with van der Waals surface area (Å²) in [5.41, 5.74) is 5.24. The van der Waals surface area contributed by atoms with E-state index in [9.17, 15) is 18.4 Å². The average Bonchev–Trinajstić information content (AvgIpc) is 2.36. The Morgan fingerprint density at radius 3 is 2.74 bits per heavy atom. The first-order valence-corrected chi connectivity index (χ1v) is 5.71. The third-order valence-corrected chi connectivity index (χ3v) is 3.07. The number of imide groups is 1. The Kier molecular flexibility index (Phi) is 3.37. The van der Waals surface area contributed by atoms with Crippen LogP contribution in [0.5, 0.6) is 0 Å². The highest BCUT2D eigenvalue weighted by Gasteiger charge is 2.32. The maximum absolute atomic E-state index is 13.3. The number of piperidine rings is 1. The van der Waals surface area contributed by atoms with Crippen LogP contribution in [-0.4, -0.2) is 29.8 Å². The molecule has 2 amide bonds. The molecule has 1 unspecified atom stereocenters. The molecule has 1 aliphatic heterocycles. The van der Waals surface area contributed by atoms with Gasteiger partial charge in [0.1, 0.15) is 11.9 Å². The molecule has 1 saturated heterocycles. The van der Waals surface area contributed by atoms with Crippen LogP contribution >= 0.6 is 0 Å². The number of nitrogens with two attached hydrogens (primary N) is 1. The Morgan fingerprint density at radius 2 is 2.05 bits per heavy atom. The molecule has 0 radical (unpaired) electrons. The first-order chi connectivity index (χ1) is 8.90. The molecule has 0 bridgehead atoms. The van der Waals surface area contributed by atoms with Gasteiger partial charge in [0.25, 0.3) is 5.91 Å². The minimum absolute atomic E-state index is 0.0126. The Morgan fingerprint density at radius 1 is 1.37 bits per heavy atom. The number of amides is 2. The van der Waals surface area contributed by atoms with Crippen LogP contribution in [0.3, 0.4) is 0 Å². The second-order valence-corrected chi connectivity index (χ2v) is 4.38. The van der Waals surface area contributed by atoms with Crippen LogP contribution in [0.1, 0.15) is 12.8 Å². The Balaban J connectivity index is 2.22. The maximum atomic E-state index is 13.3. The predicted octanol–water partition coefficient (Wildman–Crippen LogP) is 1.11. The van der Waals surface area contributed by atoms with Crippen LogP contribution in [0, 0.1) is 11.6 Å². The Bertz CT molecular complexity index is 548. The van der Waals surface area contributed by atoms with Gasteiger partial charge in [-0.2, -0.15) is 0 Å². The number of carbonyl (C=O) groups is 2. The number of likely N-dealkylation sites (N-methyl/N-ethyl adjacent to an activating group) is 1. The number of nitrogens with zero attached hydrogens (tertiary/aromatic N) is 1. The third kappa shape index (κ3) is 2.49. The molecule has 19 heavy (non-hydrogen) atoms. The van der Waals surface area contributed by atoms with Crippen molar-refractivity contribution in [2.24, 2.45) is 0 Å². The summed E-state index contributed by atoms with van der Waals surface area (Å²) in [6.07, 6.45) is 0.456. The fourth-order valence-corrected chi connectivity index (χ4v) is 1.94. The molecular formula is C12H13F2N3O2. The highest BCUT2D eigenvalue weighted by Crippen LogP contribution is 2.26. The van der Waals surface area contributed by atoms with Gasteiger partial charge in [0.2, 0.25) is 5.91 Å². The van der Waals surface area contributed by atoms with Gasteiger partial charge >= 0.3 is 0 Å². The molecule has 1 aromatic rings. The number of halogens is 2. The van der Waals surface area contributed by atoms with Crippen molar-refractivity contribution in [1.29, 1.82) is 0 Å². The number of likely N-dealkylation sites (tertiary alicyclic amines) is 1. The SMILES string of the molecule is CN1C(=O)CCC(Nc2cc(F)cc(F)c2N)C1=O. The predicted molar refractivity (Wildman–Crippen MR) is 65.2 cm³/mol. The fourth-order valence-electron chi connectivity index (χ4n) is 1.94. The summed E-state index contributed by atoms with van der Waals surface area (Å²) in [6.45, 7) is 0. The molecule has 0 aromatic heterocycles. The summed E-state index contributed by atoms with van der Waals surface area (Å²) >= 11 is 0. The van der Waals surface area contributed by atoms with E-state index in [-0.39, 0.29) is 30.1 Å². The number of hydrogen-bond donors (Lipinski definition) is 2. The van der Waals surface area contributed by atoms with Crippen LogP contribution in [0.2, 0.25) is 0 Å². The van der Waals surface area contributed by atoms with Crippen LogP contribution in [0.4, 0.5) is 20.2 Å². The Hall–Kier alpha value is -2.18. The van der Waals surface area contributed by atoms with Crippen molar-refractivity contribution in [3.63, 3.8) is 0 Å². The quantitative estimate of drug-likeness (QED) is 0.623. The number of nitrogen functional groups attached to an aromatic ring is 1. The lowest BCUT2D eigenvalue weighted by Gasteiger charge is -2.29. The van der Waals surface area contributed by atoms with E-state index in [0.717, 1.165) is 11.0 Å². The van der Waals surface area contributed by atoms with Crippen molar-refractivity contribution in [1.82, 2.24) is 4.90 Å². The van der Waals surface area contributed by atoms with E-state index in [2.05, 4.69) is 5.32 Å². The van der Waals surface area contributed by atoms with Crippen molar-refractivity contribution in [2.75, 3.05) is 18.1 Å². The molecule has 1 heterocycles. The van der Waals surface area contributed by atoms with Gasteiger partial charge in [0.15, 0.2) is 5.82 Å². The van der Waals surface area contributed by atoms with Gasteiger partial charge in [-0.25, -0.2) is 8.78 Å². The normalized spacial score (nSPS) is 19.7. The minimum atomic E-state index is -0.893. The van der Waals surface area contributed by atoms with E-state index in [4.69, 9.17) is 5.73 Å². The van der Waals surface area contributed by atoms with E-state index in [1.54, 1.807) is 0 Å². The molecule has 0 spiro atoms. The molecule has 1 fully saturated rings. The van der Waals surface area contributed by atoms with E-state index in [1.165, 1.54) is 7.05 Å². The summed E-state index contributed by atoms with van der Waals surface area (Å²) in [4.78, 5) is 24.1. The van der Waals surface area contributed by atoms with Crippen molar-refractivity contribution < 1.29 is 18.4 Å². The van der Waals surface area contributed by atoms with E-state index in [1.807, 2.05) is 0 Å². The highest BCUT2D eigenvalue weighted by molar-refractivity contribution is 6.01. The summed E-state index contributed by atoms with van der Waals surface area (Å²) in [5.74, 6) is -2.40. The lowest BCUT2D eigenvalue weighted by molar-refractivity contribution is -0.146. The van der Waals surface area contributed by atoms with Crippen molar-refractivity contribution in [3.05, 3.63) is 23.8 Å². The molecule has 1 aliphatic rings. The summed E-state index contributed by atoms with van der Waals surface area (Å²) in [7, 11) is 1.37. The molecule has 1 atom stereocenters. The monoisotopic (exact) mass is 269 g/mol. The van der Waals surface area contributed by atoms with Gasteiger partial charge in [0.05, 0.1) is 11.4 Å². The molecule has 0 saturated carbocycles. The molecule has 7 heteroatoms. The van der Waals surface area contributed by atoms with Crippen LogP contribution in [-0.2, 0) is 9.59 Å². The molecule has 1 aromatic carbocycles. The zero-order chi connectivity index (χ0) is 14.2. The van der Waals surface area contributed by atoms with Gasteiger partial charge in [-0.15, -0.1) is 0 Å². The van der Waals surface area contributed by atoms with E-state index in [0.29, 0.717) is 6.07 Å². The fraction of sp³-hybridized carbons (Fsp3) is 0.333. The van der Waals surface area contributed by atoms with Gasteiger partial charge in [-0.05, 0) is 12.5 Å². The largest absolute Gasteiger partial charge is 0.395 e.